The number of methoxy groups -OCH3 is 1. The van der Waals surface area contributed by atoms with Gasteiger partial charge in [0.05, 0.1) is 13.0 Å². The Kier molecular flexibility index (Phi) is 5.41. The number of hydrogen-bond acceptors (Lipinski definition) is 3. The van der Waals surface area contributed by atoms with Gasteiger partial charge in [0.2, 0.25) is 11.8 Å². The molecule has 0 bridgehead atoms. The van der Waals surface area contributed by atoms with Gasteiger partial charge in [-0.2, -0.15) is 0 Å². The van der Waals surface area contributed by atoms with Crippen LogP contribution in [-0.4, -0.2) is 36.4 Å². The van der Waals surface area contributed by atoms with Crippen LogP contribution in [0.15, 0.2) is 24.3 Å². The van der Waals surface area contributed by atoms with Crippen molar-refractivity contribution in [3.05, 3.63) is 29.8 Å². The summed E-state index contributed by atoms with van der Waals surface area (Å²) in [6, 6.07) is 7.78. The van der Waals surface area contributed by atoms with Crippen LogP contribution in [0.1, 0.15) is 32.3 Å². The first-order valence-electron chi connectivity index (χ1n) is 7.75. The molecule has 5 heteroatoms. The second-order valence-electron chi connectivity index (χ2n) is 5.77. The van der Waals surface area contributed by atoms with Crippen LogP contribution in [0.4, 0.5) is 0 Å². The van der Waals surface area contributed by atoms with Gasteiger partial charge in [0.25, 0.3) is 0 Å². The van der Waals surface area contributed by atoms with E-state index in [1.54, 1.807) is 7.11 Å². The Morgan fingerprint density at radius 2 is 2.09 bits per heavy atom. The van der Waals surface area contributed by atoms with Crippen molar-refractivity contribution in [2.75, 3.05) is 13.7 Å². The largest absolute Gasteiger partial charge is 0.497 e. The molecule has 1 aromatic rings. The first kappa shape index (κ1) is 16.3. The van der Waals surface area contributed by atoms with Crippen LogP contribution in [-0.2, 0) is 16.1 Å². The van der Waals surface area contributed by atoms with Crippen molar-refractivity contribution in [2.24, 2.45) is 5.92 Å². The van der Waals surface area contributed by atoms with Gasteiger partial charge in [0.15, 0.2) is 0 Å². The molecule has 2 rings (SSSR count). The van der Waals surface area contributed by atoms with Gasteiger partial charge >= 0.3 is 0 Å². The Morgan fingerprint density at radius 3 is 2.68 bits per heavy atom. The van der Waals surface area contributed by atoms with E-state index in [0.29, 0.717) is 19.5 Å². The third-order valence-electron chi connectivity index (χ3n) is 4.28. The fourth-order valence-electron chi connectivity index (χ4n) is 2.63. The molecular formula is C17H24N2O3. The minimum atomic E-state index is -0.236. The van der Waals surface area contributed by atoms with Crippen molar-refractivity contribution in [3.63, 3.8) is 0 Å². The minimum absolute atomic E-state index is 0.0463. The Balaban J connectivity index is 1.86. The monoisotopic (exact) mass is 304 g/mol. The van der Waals surface area contributed by atoms with Crippen molar-refractivity contribution in [2.45, 2.75) is 39.3 Å². The van der Waals surface area contributed by atoms with Crippen molar-refractivity contribution >= 4 is 11.8 Å². The topological polar surface area (TPSA) is 58.6 Å². The summed E-state index contributed by atoms with van der Waals surface area (Å²) in [6.07, 6.45) is 1.23. The minimum Gasteiger partial charge on any atom is -0.497 e. The zero-order chi connectivity index (χ0) is 16.1. The standard InChI is InChI=1S/C17H24N2O3/c1-4-12(2)19-11-14(9-16(19)20)17(21)18-10-13-5-7-15(22-3)8-6-13/h5-8,12,14H,4,9-11H2,1-3H3,(H,18,21). The maximum absolute atomic E-state index is 12.2. The second-order valence-corrected chi connectivity index (χ2v) is 5.77. The maximum atomic E-state index is 12.2. The molecule has 1 aliphatic heterocycles. The maximum Gasteiger partial charge on any atom is 0.225 e. The quantitative estimate of drug-likeness (QED) is 0.874. The number of ether oxygens (including phenoxy) is 1. The number of likely N-dealkylation sites (tertiary alicyclic amines) is 1. The van der Waals surface area contributed by atoms with Crippen LogP contribution >= 0.6 is 0 Å². The summed E-state index contributed by atoms with van der Waals surface area (Å²) in [5.74, 6) is 0.592. The molecule has 2 amide bonds. The first-order valence-corrected chi connectivity index (χ1v) is 7.75. The first-order chi connectivity index (χ1) is 10.5. The van der Waals surface area contributed by atoms with Crippen LogP contribution in [0.25, 0.3) is 0 Å². The third-order valence-corrected chi connectivity index (χ3v) is 4.28. The van der Waals surface area contributed by atoms with Crippen LogP contribution < -0.4 is 10.1 Å². The lowest BCUT2D eigenvalue weighted by Gasteiger charge is -2.23. The summed E-state index contributed by atoms with van der Waals surface area (Å²) in [5.41, 5.74) is 1.01. The fraction of sp³-hybridized carbons (Fsp3) is 0.529. The highest BCUT2D eigenvalue weighted by Gasteiger charge is 2.35. The Bertz CT molecular complexity index is 527. The molecule has 0 radical (unpaired) electrons. The third kappa shape index (κ3) is 3.78. The fourth-order valence-corrected chi connectivity index (χ4v) is 2.63. The van der Waals surface area contributed by atoms with Crippen LogP contribution in [0, 0.1) is 5.92 Å². The van der Waals surface area contributed by atoms with Crippen LogP contribution in [0.5, 0.6) is 5.75 Å². The SMILES string of the molecule is CCC(C)N1CC(C(=O)NCc2ccc(OC)cc2)CC1=O. The lowest BCUT2D eigenvalue weighted by atomic mass is 10.1. The molecule has 1 fully saturated rings. The summed E-state index contributed by atoms with van der Waals surface area (Å²) >= 11 is 0. The number of nitrogens with one attached hydrogen (secondary N) is 1. The van der Waals surface area contributed by atoms with Gasteiger partial charge < -0.3 is 15.0 Å². The molecule has 0 aliphatic carbocycles. The van der Waals surface area contributed by atoms with Crippen molar-refractivity contribution in [1.82, 2.24) is 10.2 Å². The van der Waals surface area contributed by atoms with Crippen molar-refractivity contribution in [3.8, 4) is 5.75 Å². The van der Waals surface area contributed by atoms with E-state index in [2.05, 4.69) is 12.2 Å². The highest BCUT2D eigenvalue weighted by molar-refractivity contribution is 5.89. The molecule has 2 unspecified atom stereocenters. The van der Waals surface area contributed by atoms with E-state index >= 15 is 0 Å². The highest BCUT2D eigenvalue weighted by atomic mass is 16.5. The molecule has 0 spiro atoms. The Hall–Kier alpha value is -2.04. The lowest BCUT2D eigenvalue weighted by molar-refractivity contribution is -0.130. The van der Waals surface area contributed by atoms with Crippen LogP contribution in [0.2, 0.25) is 0 Å². The summed E-state index contributed by atoms with van der Waals surface area (Å²) in [4.78, 5) is 26.0. The van der Waals surface area contributed by atoms with Gasteiger partial charge in [-0.05, 0) is 31.0 Å². The molecule has 1 N–H and O–H groups in total. The van der Waals surface area contributed by atoms with Gasteiger partial charge in [0, 0.05) is 25.6 Å². The van der Waals surface area contributed by atoms with Gasteiger partial charge in [-0.3, -0.25) is 9.59 Å². The van der Waals surface area contributed by atoms with Gasteiger partial charge in [-0.1, -0.05) is 19.1 Å². The number of hydrogen-bond donors (Lipinski definition) is 1. The van der Waals surface area contributed by atoms with Crippen LogP contribution in [0.3, 0.4) is 0 Å². The molecule has 1 saturated heterocycles. The Morgan fingerprint density at radius 1 is 1.41 bits per heavy atom. The van der Waals surface area contributed by atoms with Gasteiger partial charge in [-0.15, -0.1) is 0 Å². The molecule has 5 nitrogen and oxygen atoms in total. The Labute approximate surface area is 131 Å². The average molecular weight is 304 g/mol. The second kappa shape index (κ2) is 7.29. The molecule has 1 heterocycles. The molecular weight excluding hydrogens is 280 g/mol. The van der Waals surface area contributed by atoms with E-state index < -0.39 is 0 Å². The molecule has 22 heavy (non-hydrogen) atoms. The molecule has 1 aromatic carbocycles. The molecule has 2 atom stereocenters. The predicted molar refractivity (Wildman–Crippen MR) is 84.4 cm³/mol. The average Bonchev–Trinajstić information content (AvgIpc) is 2.94. The van der Waals surface area contributed by atoms with Gasteiger partial charge in [-0.25, -0.2) is 0 Å². The number of amides is 2. The highest BCUT2D eigenvalue weighted by Crippen LogP contribution is 2.21. The summed E-state index contributed by atoms with van der Waals surface area (Å²) < 4.78 is 5.10. The summed E-state index contributed by atoms with van der Waals surface area (Å²) in [6.45, 7) is 5.07. The van der Waals surface area contributed by atoms with Crippen molar-refractivity contribution < 1.29 is 14.3 Å². The molecule has 1 aliphatic rings. The number of carbonyl (C=O) groups excluding carboxylic acids is 2. The number of benzene rings is 1. The normalized spacial score (nSPS) is 19.1. The smallest absolute Gasteiger partial charge is 0.225 e. The number of carbonyl (C=O) groups is 2. The lowest BCUT2D eigenvalue weighted by Crippen LogP contribution is -2.36. The molecule has 0 aromatic heterocycles. The molecule has 120 valence electrons. The van der Waals surface area contributed by atoms with E-state index in [-0.39, 0.29) is 23.8 Å². The number of nitrogens with zero attached hydrogens (tertiary/aromatic N) is 1. The van der Waals surface area contributed by atoms with E-state index in [9.17, 15) is 9.59 Å². The summed E-state index contributed by atoms with van der Waals surface area (Å²) in [7, 11) is 1.62. The van der Waals surface area contributed by atoms with E-state index in [1.165, 1.54) is 0 Å². The summed E-state index contributed by atoms with van der Waals surface area (Å²) in [5, 5.41) is 2.92. The zero-order valence-electron chi connectivity index (χ0n) is 13.5. The van der Waals surface area contributed by atoms with E-state index in [1.807, 2.05) is 36.1 Å². The van der Waals surface area contributed by atoms with Gasteiger partial charge in [0.1, 0.15) is 5.75 Å². The van der Waals surface area contributed by atoms with E-state index in [4.69, 9.17) is 4.74 Å². The predicted octanol–water partition coefficient (Wildman–Crippen LogP) is 1.96. The number of rotatable bonds is 6. The van der Waals surface area contributed by atoms with Crippen molar-refractivity contribution in [1.29, 1.82) is 0 Å². The van der Waals surface area contributed by atoms with E-state index in [0.717, 1.165) is 17.7 Å². The molecule has 0 saturated carbocycles. The zero-order valence-corrected chi connectivity index (χ0v) is 13.5.